The number of aromatic nitrogens is 2. The monoisotopic (exact) mass is 280 g/mol. The van der Waals surface area contributed by atoms with Gasteiger partial charge in [0, 0.05) is 18.9 Å². The number of rotatable bonds is 3. The Morgan fingerprint density at radius 2 is 1.79 bits per heavy atom. The number of benzene rings is 1. The van der Waals surface area contributed by atoms with Crippen LogP contribution in [0.4, 0.5) is 11.5 Å². The molecule has 0 fully saturated rings. The maximum absolute atomic E-state index is 12.2. The third-order valence-electron chi connectivity index (χ3n) is 2.59. The average molecular weight is 280 g/mol. The lowest BCUT2D eigenvalue weighted by Gasteiger charge is -2.08. The van der Waals surface area contributed by atoms with Gasteiger partial charge in [0.1, 0.15) is 4.90 Å². The molecule has 7 heteroatoms. The van der Waals surface area contributed by atoms with E-state index in [4.69, 9.17) is 5.73 Å². The van der Waals surface area contributed by atoms with Crippen molar-refractivity contribution in [3.63, 3.8) is 0 Å². The Hall–Kier alpha value is -2.02. The third-order valence-corrected chi connectivity index (χ3v) is 3.98. The fourth-order valence-corrected chi connectivity index (χ4v) is 3.08. The molecule has 102 valence electrons. The van der Waals surface area contributed by atoms with Gasteiger partial charge in [-0.15, -0.1) is 0 Å². The minimum atomic E-state index is -3.72. The van der Waals surface area contributed by atoms with Crippen LogP contribution >= 0.6 is 0 Å². The molecule has 0 spiro atoms. The summed E-state index contributed by atoms with van der Waals surface area (Å²) in [7, 11) is -2.10. The number of nitrogens with two attached hydrogens (primary N) is 1. The fraction of sp³-hybridized carbons (Fsp3) is 0.250. The summed E-state index contributed by atoms with van der Waals surface area (Å²) in [5, 5.41) is 3.83. The Kier molecular flexibility index (Phi) is 3.23. The van der Waals surface area contributed by atoms with E-state index < -0.39 is 10.0 Å². The van der Waals surface area contributed by atoms with Crippen molar-refractivity contribution in [2.24, 2.45) is 7.05 Å². The highest BCUT2D eigenvalue weighted by atomic mass is 32.2. The van der Waals surface area contributed by atoms with Crippen LogP contribution < -0.4 is 10.5 Å². The summed E-state index contributed by atoms with van der Waals surface area (Å²) in [5.74, 6) is -0.0145. The second kappa shape index (κ2) is 4.58. The molecule has 0 amide bonds. The average Bonchev–Trinajstić information content (AvgIpc) is 2.56. The SMILES string of the molecule is Cc1cc(C)cc(NS(=O)(=O)c2cn(C)nc2N)c1. The first-order valence-electron chi connectivity index (χ1n) is 5.68. The molecule has 0 aliphatic carbocycles. The number of hydrogen-bond acceptors (Lipinski definition) is 4. The molecule has 0 bridgehead atoms. The van der Waals surface area contributed by atoms with Crippen molar-refractivity contribution in [3.8, 4) is 0 Å². The van der Waals surface area contributed by atoms with Crippen LogP contribution in [0.25, 0.3) is 0 Å². The van der Waals surface area contributed by atoms with Gasteiger partial charge in [-0.25, -0.2) is 8.42 Å². The molecule has 2 aromatic rings. The number of nitrogen functional groups attached to an aromatic ring is 1. The van der Waals surface area contributed by atoms with E-state index in [1.165, 1.54) is 10.9 Å². The molecule has 1 aromatic heterocycles. The van der Waals surface area contributed by atoms with Gasteiger partial charge < -0.3 is 5.73 Å². The van der Waals surface area contributed by atoms with Gasteiger partial charge in [-0.3, -0.25) is 9.40 Å². The highest BCUT2D eigenvalue weighted by Crippen LogP contribution is 2.21. The lowest BCUT2D eigenvalue weighted by molar-refractivity contribution is 0.601. The maximum atomic E-state index is 12.2. The molecule has 2 rings (SSSR count). The van der Waals surface area contributed by atoms with Crippen molar-refractivity contribution < 1.29 is 8.42 Å². The van der Waals surface area contributed by atoms with E-state index in [-0.39, 0.29) is 10.7 Å². The van der Waals surface area contributed by atoms with Gasteiger partial charge in [-0.1, -0.05) is 6.07 Å². The Balaban J connectivity index is 2.39. The summed E-state index contributed by atoms with van der Waals surface area (Å²) in [6.45, 7) is 3.81. The predicted molar refractivity (Wildman–Crippen MR) is 74.3 cm³/mol. The number of anilines is 2. The highest BCUT2D eigenvalue weighted by Gasteiger charge is 2.20. The molecule has 0 saturated carbocycles. The van der Waals surface area contributed by atoms with Crippen molar-refractivity contribution >= 4 is 21.5 Å². The van der Waals surface area contributed by atoms with E-state index in [1.54, 1.807) is 19.2 Å². The Labute approximate surface area is 112 Å². The number of nitrogens with zero attached hydrogens (tertiary/aromatic N) is 2. The molecule has 0 unspecified atom stereocenters. The van der Waals surface area contributed by atoms with E-state index in [1.807, 2.05) is 19.9 Å². The van der Waals surface area contributed by atoms with Crippen LogP contribution in [0.3, 0.4) is 0 Å². The van der Waals surface area contributed by atoms with E-state index in [9.17, 15) is 8.42 Å². The molecule has 0 aliphatic rings. The second-order valence-corrected chi connectivity index (χ2v) is 6.18. The Morgan fingerprint density at radius 1 is 1.21 bits per heavy atom. The summed E-state index contributed by atoms with van der Waals surface area (Å²) < 4.78 is 28.3. The predicted octanol–water partition coefficient (Wildman–Crippen LogP) is 1.42. The van der Waals surface area contributed by atoms with Gasteiger partial charge in [0.05, 0.1) is 0 Å². The molecule has 0 atom stereocenters. The van der Waals surface area contributed by atoms with Crippen LogP contribution in [0.2, 0.25) is 0 Å². The highest BCUT2D eigenvalue weighted by molar-refractivity contribution is 7.92. The van der Waals surface area contributed by atoms with Crippen LogP contribution in [0.1, 0.15) is 11.1 Å². The lowest BCUT2D eigenvalue weighted by atomic mass is 10.1. The van der Waals surface area contributed by atoms with Crippen molar-refractivity contribution in [1.82, 2.24) is 9.78 Å². The largest absolute Gasteiger partial charge is 0.381 e. The van der Waals surface area contributed by atoms with Gasteiger partial charge in [-0.2, -0.15) is 5.10 Å². The van der Waals surface area contributed by atoms with Crippen LogP contribution in [-0.4, -0.2) is 18.2 Å². The zero-order valence-electron chi connectivity index (χ0n) is 11.0. The van der Waals surface area contributed by atoms with Crippen molar-refractivity contribution in [2.75, 3.05) is 10.5 Å². The lowest BCUT2D eigenvalue weighted by Crippen LogP contribution is -2.14. The van der Waals surface area contributed by atoms with Gasteiger partial charge in [0.2, 0.25) is 0 Å². The molecule has 6 nitrogen and oxygen atoms in total. The first kappa shape index (κ1) is 13.4. The van der Waals surface area contributed by atoms with Crippen LogP contribution in [0.15, 0.2) is 29.3 Å². The maximum Gasteiger partial charge on any atom is 0.267 e. The van der Waals surface area contributed by atoms with E-state index in [0.29, 0.717) is 5.69 Å². The normalized spacial score (nSPS) is 11.5. The zero-order chi connectivity index (χ0) is 14.2. The molecule has 1 heterocycles. The number of nitrogens with one attached hydrogen (secondary N) is 1. The van der Waals surface area contributed by atoms with Gasteiger partial charge in [0.25, 0.3) is 10.0 Å². The third kappa shape index (κ3) is 2.87. The summed E-state index contributed by atoms with van der Waals surface area (Å²) in [4.78, 5) is -0.0193. The topological polar surface area (TPSA) is 90.0 Å². The number of sulfonamides is 1. The molecule has 0 aliphatic heterocycles. The molecular formula is C12H16N4O2S. The van der Waals surface area contributed by atoms with Crippen LogP contribution in [0, 0.1) is 13.8 Å². The van der Waals surface area contributed by atoms with Crippen LogP contribution in [0.5, 0.6) is 0 Å². The minimum Gasteiger partial charge on any atom is -0.381 e. The summed E-state index contributed by atoms with van der Waals surface area (Å²) in [5.41, 5.74) is 8.07. The Bertz CT molecular complexity index is 699. The van der Waals surface area contributed by atoms with Crippen molar-refractivity contribution in [2.45, 2.75) is 18.7 Å². The summed E-state index contributed by atoms with van der Waals surface area (Å²) >= 11 is 0. The van der Waals surface area contributed by atoms with Crippen molar-refractivity contribution in [3.05, 3.63) is 35.5 Å². The zero-order valence-corrected chi connectivity index (χ0v) is 11.8. The van der Waals surface area contributed by atoms with E-state index in [2.05, 4.69) is 9.82 Å². The standard InChI is InChI=1S/C12H16N4O2S/c1-8-4-9(2)6-10(5-8)15-19(17,18)11-7-16(3)14-12(11)13/h4-7,15H,1-3H3,(H2,13,14). The minimum absolute atomic E-state index is 0.0145. The van der Waals surface area contributed by atoms with E-state index >= 15 is 0 Å². The molecule has 19 heavy (non-hydrogen) atoms. The number of aryl methyl sites for hydroxylation is 3. The fourth-order valence-electron chi connectivity index (χ4n) is 1.93. The second-order valence-electron chi connectivity index (χ2n) is 4.53. The van der Waals surface area contributed by atoms with Gasteiger partial charge in [0.15, 0.2) is 5.82 Å². The smallest absolute Gasteiger partial charge is 0.267 e. The van der Waals surface area contributed by atoms with Gasteiger partial charge >= 0.3 is 0 Å². The van der Waals surface area contributed by atoms with Crippen molar-refractivity contribution in [1.29, 1.82) is 0 Å². The molecule has 0 radical (unpaired) electrons. The first-order valence-corrected chi connectivity index (χ1v) is 7.16. The Morgan fingerprint density at radius 3 is 2.26 bits per heavy atom. The summed E-state index contributed by atoms with van der Waals surface area (Å²) in [6.07, 6.45) is 1.38. The molecule has 3 N–H and O–H groups in total. The quantitative estimate of drug-likeness (QED) is 0.889. The molecule has 0 saturated heterocycles. The molecular weight excluding hydrogens is 264 g/mol. The van der Waals surface area contributed by atoms with Crippen LogP contribution in [-0.2, 0) is 17.1 Å². The molecule has 1 aromatic carbocycles. The first-order chi connectivity index (χ1) is 8.78. The number of hydrogen-bond donors (Lipinski definition) is 2. The van der Waals surface area contributed by atoms with Gasteiger partial charge in [-0.05, 0) is 37.1 Å². The van der Waals surface area contributed by atoms with E-state index in [0.717, 1.165) is 11.1 Å². The summed E-state index contributed by atoms with van der Waals surface area (Å²) in [6, 6.07) is 5.49.